The van der Waals surface area contributed by atoms with Crippen LogP contribution < -0.4 is 5.32 Å². The molecule has 1 atom stereocenters. The van der Waals surface area contributed by atoms with Gasteiger partial charge in [0.25, 0.3) is 0 Å². The lowest BCUT2D eigenvalue weighted by molar-refractivity contribution is 0.161. The normalized spacial score (nSPS) is 21.2. The molecule has 16 heavy (non-hydrogen) atoms. The topological polar surface area (TPSA) is 15.3 Å². The third-order valence-electron chi connectivity index (χ3n) is 3.83. The van der Waals surface area contributed by atoms with Gasteiger partial charge in [0.05, 0.1) is 0 Å². The predicted octanol–water partition coefficient (Wildman–Crippen LogP) is 2.74. The van der Waals surface area contributed by atoms with E-state index in [9.17, 15) is 0 Å². The summed E-state index contributed by atoms with van der Waals surface area (Å²) in [6.07, 6.45) is 5.37. The fourth-order valence-corrected chi connectivity index (χ4v) is 2.43. The quantitative estimate of drug-likeness (QED) is 0.672. The van der Waals surface area contributed by atoms with Crippen LogP contribution in [-0.4, -0.2) is 37.6 Å². The van der Waals surface area contributed by atoms with E-state index < -0.39 is 0 Å². The Balaban J connectivity index is 2.08. The van der Waals surface area contributed by atoms with Crippen LogP contribution in [0.2, 0.25) is 0 Å². The lowest BCUT2D eigenvalue weighted by Crippen LogP contribution is -2.39. The third-order valence-corrected chi connectivity index (χ3v) is 3.83. The van der Waals surface area contributed by atoms with Crippen molar-refractivity contribution >= 4 is 0 Å². The van der Waals surface area contributed by atoms with E-state index in [1.54, 1.807) is 0 Å². The highest BCUT2D eigenvalue weighted by atomic mass is 15.1. The van der Waals surface area contributed by atoms with Gasteiger partial charge in [-0.25, -0.2) is 0 Å². The number of likely N-dealkylation sites (tertiary alicyclic amines) is 1. The van der Waals surface area contributed by atoms with E-state index in [2.05, 4.69) is 31.0 Å². The lowest BCUT2D eigenvalue weighted by atomic mass is 9.95. The molecule has 0 aromatic heterocycles. The molecule has 1 heterocycles. The zero-order valence-corrected chi connectivity index (χ0v) is 11.5. The molecule has 0 saturated carbocycles. The van der Waals surface area contributed by atoms with E-state index in [0.29, 0.717) is 0 Å². The van der Waals surface area contributed by atoms with Gasteiger partial charge >= 0.3 is 0 Å². The van der Waals surface area contributed by atoms with Gasteiger partial charge in [-0.2, -0.15) is 0 Å². The number of nitrogens with one attached hydrogen (secondary N) is 1. The largest absolute Gasteiger partial charge is 0.316 e. The van der Waals surface area contributed by atoms with Crippen molar-refractivity contribution in [1.29, 1.82) is 0 Å². The van der Waals surface area contributed by atoms with Crippen molar-refractivity contribution < 1.29 is 0 Å². The van der Waals surface area contributed by atoms with E-state index >= 15 is 0 Å². The summed E-state index contributed by atoms with van der Waals surface area (Å²) in [5.74, 6) is 1.80. The highest BCUT2D eigenvalue weighted by Gasteiger charge is 2.19. The van der Waals surface area contributed by atoms with Crippen LogP contribution in [0.15, 0.2) is 0 Å². The molecule has 1 N–H and O–H groups in total. The SMILES string of the molecule is CCCNCC1CCN(CC(C)CC)CC1. The van der Waals surface area contributed by atoms with Crippen LogP contribution in [0.1, 0.15) is 46.5 Å². The van der Waals surface area contributed by atoms with Gasteiger partial charge in [0.2, 0.25) is 0 Å². The molecule has 0 aromatic carbocycles. The summed E-state index contributed by atoms with van der Waals surface area (Å²) >= 11 is 0. The zero-order chi connectivity index (χ0) is 11.8. The van der Waals surface area contributed by atoms with Gasteiger partial charge in [0.15, 0.2) is 0 Å². The summed E-state index contributed by atoms with van der Waals surface area (Å²) in [4.78, 5) is 2.66. The van der Waals surface area contributed by atoms with Crippen molar-refractivity contribution in [3.63, 3.8) is 0 Å². The van der Waals surface area contributed by atoms with Crippen molar-refractivity contribution in [2.45, 2.75) is 46.5 Å². The molecule has 96 valence electrons. The van der Waals surface area contributed by atoms with Gasteiger partial charge in [-0.1, -0.05) is 27.2 Å². The van der Waals surface area contributed by atoms with Crippen LogP contribution in [0.5, 0.6) is 0 Å². The van der Waals surface area contributed by atoms with Gasteiger partial charge in [-0.15, -0.1) is 0 Å². The summed E-state index contributed by atoms with van der Waals surface area (Å²) in [5, 5.41) is 3.55. The number of piperidine rings is 1. The van der Waals surface area contributed by atoms with Crippen molar-refractivity contribution in [3.8, 4) is 0 Å². The molecule has 0 amide bonds. The first kappa shape index (κ1) is 14.0. The fraction of sp³-hybridized carbons (Fsp3) is 1.00. The summed E-state index contributed by atoms with van der Waals surface area (Å²) in [5.41, 5.74) is 0. The Morgan fingerprint density at radius 1 is 1.25 bits per heavy atom. The minimum Gasteiger partial charge on any atom is -0.316 e. The zero-order valence-electron chi connectivity index (χ0n) is 11.5. The number of nitrogens with zero attached hydrogens (tertiary/aromatic N) is 1. The third kappa shape index (κ3) is 5.31. The summed E-state index contributed by atoms with van der Waals surface area (Å²) in [6, 6.07) is 0. The molecule has 1 saturated heterocycles. The Bertz CT molecular complexity index is 162. The van der Waals surface area contributed by atoms with E-state index in [1.807, 2.05) is 0 Å². The molecule has 0 radical (unpaired) electrons. The maximum absolute atomic E-state index is 3.55. The average Bonchev–Trinajstić information content (AvgIpc) is 2.31. The first-order valence-corrected chi connectivity index (χ1v) is 7.19. The Kier molecular flexibility index (Phi) is 7.06. The van der Waals surface area contributed by atoms with Crippen LogP contribution in [0, 0.1) is 11.8 Å². The van der Waals surface area contributed by atoms with Gasteiger partial charge < -0.3 is 10.2 Å². The number of hydrogen-bond acceptors (Lipinski definition) is 2. The van der Waals surface area contributed by atoms with Crippen LogP contribution in [0.25, 0.3) is 0 Å². The Hall–Kier alpha value is -0.0800. The summed E-state index contributed by atoms with van der Waals surface area (Å²) < 4.78 is 0. The van der Waals surface area contributed by atoms with E-state index in [1.165, 1.54) is 58.4 Å². The van der Waals surface area contributed by atoms with E-state index in [0.717, 1.165) is 11.8 Å². The second kappa shape index (κ2) is 8.08. The van der Waals surface area contributed by atoms with Crippen LogP contribution in [-0.2, 0) is 0 Å². The molecule has 1 aliphatic heterocycles. The van der Waals surface area contributed by atoms with Gasteiger partial charge in [-0.3, -0.25) is 0 Å². The van der Waals surface area contributed by atoms with Crippen molar-refractivity contribution in [2.24, 2.45) is 11.8 Å². The maximum Gasteiger partial charge on any atom is 0.000692 e. The van der Waals surface area contributed by atoms with Crippen molar-refractivity contribution in [1.82, 2.24) is 10.2 Å². The smallest absolute Gasteiger partial charge is 0.000692 e. The standard InChI is InChI=1S/C14H30N2/c1-4-8-15-11-14-6-9-16(10-7-14)12-13(3)5-2/h13-15H,4-12H2,1-3H3. The summed E-state index contributed by atoms with van der Waals surface area (Å²) in [7, 11) is 0. The van der Waals surface area contributed by atoms with Crippen LogP contribution in [0.4, 0.5) is 0 Å². The fourth-order valence-electron chi connectivity index (χ4n) is 2.43. The second-order valence-corrected chi connectivity index (χ2v) is 5.46. The molecule has 2 heteroatoms. The van der Waals surface area contributed by atoms with E-state index in [4.69, 9.17) is 0 Å². The molecule has 0 aliphatic carbocycles. The van der Waals surface area contributed by atoms with Gasteiger partial charge in [0.1, 0.15) is 0 Å². The molecule has 2 nitrogen and oxygen atoms in total. The predicted molar refractivity (Wildman–Crippen MR) is 71.8 cm³/mol. The Labute approximate surface area is 102 Å². The Morgan fingerprint density at radius 3 is 2.50 bits per heavy atom. The van der Waals surface area contributed by atoms with Crippen molar-refractivity contribution in [3.05, 3.63) is 0 Å². The monoisotopic (exact) mass is 226 g/mol. The molecule has 1 rings (SSSR count). The first-order chi connectivity index (χ1) is 7.76. The molecular formula is C14H30N2. The number of hydrogen-bond donors (Lipinski definition) is 1. The highest BCUT2D eigenvalue weighted by Crippen LogP contribution is 2.17. The second-order valence-electron chi connectivity index (χ2n) is 5.46. The van der Waals surface area contributed by atoms with Gasteiger partial charge in [0, 0.05) is 6.54 Å². The maximum atomic E-state index is 3.55. The van der Waals surface area contributed by atoms with Gasteiger partial charge in [-0.05, 0) is 57.3 Å². The molecule has 1 unspecified atom stereocenters. The van der Waals surface area contributed by atoms with Crippen molar-refractivity contribution in [2.75, 3.05) is 32.7 Å². The number of rotatable bonds is 7. The average molecular weight is 226 g/mol. The lowest BCUT2D eigenvalue weighted by Gasteiger charge is -2.33. The minimum atomic E-state index is 0.870. The molecule has 0 spiro atoms. The molecule has 1 fully saturated rings. The molecule has 1 aliphatic rings. The minimum absolute atomic E-state index is 0.870. The first-order valence-electron chi connectivity index (χ1n) is 7.19. The Morgan fingerprint density at radius 2 is 1.94 bits per heavy atom. The van der Waals surface area contributed by atoms with Crippen LogP contribution >= 0.6 is 0 Å². The highest BCUT2D eigenvalue weighted by molar-refractivity contribution is 4.74. The summed E-state index contributed by atoms with van der Waals surface area (Å²) in [6.45, 7) is 13.3. The van der Waals surface area contributed by atoms with E-state index in [-0.39, 0.29) is 0 Å². The molecule has 0 bridgehead atoms. The molecule has 0 aromatic rings. The van der Waals surface area contributed by atoms with Crippen LogP contribution in [0.3, 0.4) is 0 Å². The molecular weight excluding hydrogens is 196 g/mol.